The van der Waals surface area contributed by atoms with Crippen LogP contribution in [0.2, 0.25) is 0 Å². The van der Waals surface area contributed by atoms with E-state index in [-0.39, 0.29) is 24.1 Å². The molecule has 3 rings (SSSR count). The second-order valence-corrected chi connectivity index (χ2v) is 7.40. The second kappa shape index (κ2) is 11.5. The second-order valence-electron chi connectivity index (χ2n) is 7.40. The highest BCUT2D eigenvalue weighted by atomic mass is 16.5. The van der Waals surface area contributed by atoms with Crippen LogP contribution in [0.1, 0.15) is 33.2 Å². The number of anilines is 2. The first-order valence-corrected chi connectivity index (χ1v) is 10.6. The van der Waals surface area contributed by atoms with Gasteiger partial charge in [-0.2, -0.15) is 0 Å². The Kier molecular flexibility index (Phi) is 8.18. The molecule has 33 heavy (non-hydrogen) atoms. The third kappa shape index (κ3) is 6.67. The van der Waals surface area contributed by atoms with E-state index in [1.54, 1.807) is 55.6 Å². The Hall–Kier alpha value is -4.13. The monoisotopic (exact) mass is 445 g/mol. The van der Waals surface area contributed by atoms with E-state index < -0.39 is 0 Å². The first kappa shape index (κ1) is 23.5. The molecule has 0 aromatic heterocycles. The molecule has 0 radical (unpaired) electrons. The van der Waals surface area contributed by atoms with E-state index in [1.165, 1.54) is 6.92 Å². The van der Waals surface area contributed by atoms with Crippen molar-refractivity contribution in [2.45, 2.75) is 13.3 Å². The summed E-state index contributed by atoms with van der Waals surface area (Å²) < 4.78 is 5.15. The molecule has 0 heterocycles. The van der Waals surface area contributed by atoms with Crippen LogP contribution in [0.25, 0.3) is 0 Å². The molecule has 0 aliphatic rings. The largest absolute Gasteiger partial charge is 0.497 e. The highest BCUT2D eigenvalue weighted by Gasteiger charge is 2.13. The number of carbonyl (C=O) groups is 3. The lowest BCUT2D eigenvalue weighted by atomic mass is 10.1. The van der Waals surface area contributed by atoms with Crippen LogP contribution in [-0.2, 0) is 11.2 Å². The fourth-order valence-electron chi connectivity index (χ4n) is 3.31. The van der Waals surface area contributed by atoms with Gasteiger partial charge in [0, 0.05) is 17.8 Å². The Morgan fingerprint density at radius 3 is 2.12 bits per heavy atom. The number of benzene rings is 3. The van der Waals surface area contributed by atoms with E-state index in [4.69, 9.17) is 4.74 Å². The molecule has 0 atom stereocenters. The number of para-hydroxylation sites is 2. The summed E-state index contributed by atoms with van der Waals surface area (Å²) in [6, 6.07) is 21.5. The van der Waals surface area contributed by atoms with Crippen molar-refractivity contribution in [3.05, 3.63) is 89.5 Å². The number of methoxy groups -OCH3 is 1. The molecule has 0 fully saturated rings. The average molecular weight is 446 g/mol. The number of ether oxygens (including phenoxy) is 1. The number of nitrogens with one attached hydrogen (secondary N) is 3. The molecule has 0 aliphatic heterocycles. The smallest absolute Gasteiger partial charge is 0.253 e. The van der Waals surface area contributed by atoms with Crippen molar-refractivity contribution in [2.75, 3.05) is 30.8 Å². The summed E-state index contributed by atoms with van der Waals surface area (Å²) in [5.41, 5.74) is 2.98. The molecule has 0 unspecified atom stereocenters. The number of carbonyl (C=O) groups excluding carboxylic acids is 3. The molecule has 0 saturated heterocycles. The Bertz CT molecular complexity index is 1130. The standard InChI is InChI=1S/C26H27N3O4/c1-18(30)21-7-3-5-9-23(21)28-17-25(31)29-24-10-6-4-8-22(24)26(32)27-16-15-19-11-13-20(33-2)14-12-19/h3-14,28H,15-17H2,1-2H3,(H,27,32)(H,29,31). The number of hydrogen-bond donors (Lipinski definition) is 3. The quantitative estimate of drug-likeness (QED) is 0.411. The number of hydrogen-bond acceptors (Lipinski definition) is 5. The van der Waals surface area contributed by atoms with Crippen LogP contribution >= 0.6 is 0 Å². The zero-order valence-corrected chi connectivity index (χ0v) is 18.7. The van der Waals surface area contributed by atoms with Crippen molar-refractivity contribution < 1.29 is 19.1 Å². The van der Waals surface area contributed by atoms with E-state index in [1.807, 2.05) is 24.3 Å². The van der Waals surface area contributed by atoms with Crippen molar-refractivity contribution in [3.63, 3.8) is 0 Å². The summed E-state index contributed by atoms with van der Waals surface area (Å²) in [5.74, 6) is 0.100. The van der Waals surface area contributed by atoms with Crippen molar-refractivity contribution in [1.29, 1.82) is 0 Å². The van der Waals surface area contributed by atoms with Gasteiger partial charge < -0.3 is 20.7 Å². The maximum Gasteiger partial charge on any atom is 0.253 e. The molecule has 3 aromatic rings. The van der Waals surface area contributed by atoms with Crippen LogP contribution < -0.4 is 20.7 Å². The van der Waals surface area contributed by atoms with Gasteiger partial charge in [-0.15, -0.1) is 0 Å². The summed E-state index contributed by atoms with van der Waals surface area (Å²) in [7, 11) is 1.62. The van der Waals surface area contributed by atoms with Gasteiger partial charge in [0.15, 0.2) is 5.78 Å². The Labute approximate surface area is 193 Å². The predicted molar refractivity (Wildman–Crippen MR) is 129 cm³/mol. The molecule has 3 aromatic carbocycles. The van der Waals surface area contributed by atoms with Crippen LogP contribution in [-0.4, -0.2) is 37.8 Å². The zero-order valence-electron chi connectivity index (χ0n) is 18.7. The lowest BCUT2D eigenvalue weighted by Crippen LogP contribution is -2.28. The van der Waals surface area contributed by atoms with Gasteiger partial charge >= 0.3 is 0 Å². The fourth-order valence-corrected chi connectivity index (χ4v) is 3.31. The molecule has 2 amide bonds. The zero-order chi connectivity index (χ0) is 23.6. The van der Waals surface area contributed by atoms with Crippen LogP contribution in [0.4, 0.5) is 11.4 Å². The average Bonchev–Trinajstić information content (AvgIpc) is 2.83. The highest BCUT2D eigenvalue weighted by molar-refractivity contribution is 6.05. The van der Waals surface area contributed by atoms with Gasteiger partial charge in [-0.25, -0.2) is 0 Å². The Balaban J connectivity index is 1.56. The van der Waals surface area contributed by atoms with Gasteiger partial charge in [0.1, 0.15) is 5.75 Å². The summed E-state index contributed by atoms with van der Waals surface area (Å²) in [6.07, 6.45) is 0.670. The van der Waals surface area contributed by atoms with E-state index in [0.717, 1.165) is 11.3 Å². The highest BCUT2D eigenvalue weighted by Crippen LogP contribution is 2.17. The molecular formula is C26H27N3O4. The summed E-state index contributed by atoms with van der Waals surface area (Å²) in [4.78, 5) is 36.9. The van der Waals surface area contributed by atoms with Crippen LogP contribution in [0, 0.1) is 0 Å². The molecule has 0 bridgehead atoms. The lowest BCUT2D eigenvalue weighted by molar-refractivity contribution is -0.114. The van der Waals surface area contributed by atoms with Crippen LogP contribution in [0.3, 0.4) is 0 Å². The van der Waals surface area contributed by atoms with Crippen LogP contribution in [0.5, 0.6) is 5.75 Å². The minimum Gasteiger partial charge on any atom is -0.497 e. The van der Waals surface area contributed by atoms with Gasteiger partial charge in [-0.05, 0) is 55.3 Å². The van der Waals surface area contributed by atoms with Crippen molar-refractivity contribution in [1.82, 2.24) is 5.32 Å². The first-order chi connectivity index (χ1) is 16.0. The maximum absolute atomic E-state index is 12.7. The number of amides is 2. The fraction of sp³-hybridized carbons (Fsp3) is 0.192. The van der Waals surface area contributed by atoms with E-state index in [0.29, 0.717) is 35.5 Å². The first-order valence-electron chi connectivity index (χ1n) is 10.6. The van der Waals surface area contributed by atoms with Crippen LogP contribution in [0.15, 0.2) is 72.8 Å². The minimum absolute atomic E-state index is 0.0439. The van der Waals surface area contributed by atoms with Gasteiger partial charge in [0.25, 0.3) is 5.91 Å². The third-order valence-corrected chi connectivity index (χ3v) is 5.05. The van der Waals surface area contributed by atoms with Gasteiger partial charge in [0.05, 0.1) is 24.9 Å². The molecule has 0 aliphatic carbocycles. The number of Topliss-reactive ketones (excluding diaryl/α,β-unsaturated/α-hetero) is 1. The predicted octanol–water partition coefficient (Wildman–Crippen LogP) is 3.92. The summed E-state index contributed by atoms with van der Waals surface area (Å²) in [5, 5.41) is 8.64. The van der Waals surface area contributed by atoms with Crippen molar-refractivity contribution in [2.24, 2.45) is 0 Å². The minimum atomic E-state index is -0.327. The topological polar surface area (TPSA) is 96.5 Å². The van der Waals surface area contributed by atoms with Crippen molar-refractivity contribution in [3.8, 4) is 5.75 Å². The molecule has 7 heteroatoms. The Morgan fingerprint density at radius 2 is 1.45 bits per heavy atom. The summed E-state index contributed by atoms with van der Waals surface area (Å²) in [6.45, 7) is 1.89. The molecule has 3 N–H and O–H groups in total. The number of rotatable bonds is 10. The molecule has 0 saturated carbocycles. The molecule has 170 valence electrons. The Morgan fingerprint density at radius 1 is 0.818 bits per heavy atom. The SMILES string of the molecule is COc1ccc(CCNC(=O)c2ccccc2NC(=O)CNc2ccccc2C(C)=O)cc1. The van der Waals surface area contributed by atoms with Crippen molar-refractivity contribution >= 4 is 29.0 Å². The van der Waals surface area contributed by atoms with E-state index in [9.17, 15) is 14.4 Å². The van der Waals surface area contributed by atoms with Gasteiger partial charge in [-0.3, -0.25) is 14.4 Å². The normalized spacial score (nSPS) is 10.2. The van der Waals surface area contributed by atoms with E-state index >= 15 is 0 Å². The maximum atomic E-state index is 12.7. The molecular weight excluding hydrogens is 418 g/mol. The molecule has 7 nitrogen and oxygen atoms in total. The van der Waals surface area contributed by atoms with Gasteiger partial charge in [0.2, 0.25) is 5.91 Å². The number of ketones is 1. The van der Waals surface area contributed by atoms with Gasteiger partial charge in [-0.1, -0.05) is 36.4 Å². The molecule has 0 spiro atoms. The third-order valence-electron chi connectivity index (χ3n) is 5.05. The van der Waals surface area contributed by atoms with E-state index in [2.05, 4.69) is 16.0 Å². The summed E-state index contributed by atoms with van der Waals surface area (Å²) >= 11 is 0. The lowest BCUT2D eigenvalue weighted by Gasteiger charge is -2.13.